The van der Waals surface area contributed by atoms with Gasteiger partial charge in [0.15, 0.2) is 11.9 Å². The fourth-order valence-electron chi connectivity index (χ4n) is 11.0. The van der Waals surface area contributed by atoms with Crippen molar-refractivity contribution in [2.75, 3.05) is 86.2 Å². The number of methoxy groups -OCH3 is 1. The second kappa shape index (κ2) is 24.7. The molecule has 18 heteroatoms. The lowest BCUT2D eigenvalue weighted by Gasteiger charge is -2.51. The molecule has 3 amide bonds. The molecule has 77 heavy (non-hydrogen) atoms. The Morgan fingerprint density at radius 3 is 2.34 bits per heavy atom. The number of fused-ring (bicyclic) bond motifs is 2. The lowest BCUT2D eigenvalue weighted by Crippen LogP contribution is -2.64. The number of ether oxygens (including phenoxy) is 2. The van der Waals surface area contributed by atoms with E-state index < -0.39 is 41.0 Å². The van der Waals surface area contributed by atoms with Crippen LogP contribution in [0.15, 0.2) is 24.4 Å². The minimum Gasteiger partial charge on any atom is -0.378 e. The number of alkyl halides is 1. The Morgan fingerprint density at radius 2 is 1.73 bits per heavy atom. The maximum atomic E-state index is 15.6. The van der Waals surface area contributed by atoms with Crippen LogP contribution in [-0.2, 0) is 57.8 Å². The van der Waals surface area contributed by atoms with Crippen molar-refractivity contribution in [1.29, 1.82) is 0 Å². The van der Waals surface area contributed by atoms with Crippen molar-refractivity contribution in [2.24, 2.45) is 17.3 Å². The van der Waals surface area contributed by atoms with Gasteiger partial charge in [-0.25, -0.2) is 24.6 Å². The summed E-state index contributed by atoms with van der Waals surface area (Å²) in [7, 11) is 8.95. The molecule has 5 aliphatic heterocycles. The number of anilines is 1. The van der Waals surface area contributed by atoms with Crippen LogP contribution >= 0.6 is 0 Å². The highest BCUT2D eigenvalue weighted by molar-refractivity contribution is 5.98. The van der Waals surface area contributed by atoms with Gasteiger partial charge in [0, 0.05) is 107 Å². The number of aldehydes is 1. The van der Waals surface area contributed by atoms with Crippen LogP contribution in [0.4, 0.5) is 10.1 Å². The number of hydrogen-bond donors (Lipinski definition) is 2. The van der Waals surface area contributed by atoms with E-state index in [1.165, 1.54) is 52.3 Å². The van der Waals surface area contributed by atoms with Gasteiger partial charge in [0.25, 0.3) is 11.8 Å². The summed E-state index contributed by atoms with van der Waals surface area (Å²) in [6.07, 6.45) is 12.9. The molecule has 4 atom stereocenters. The third-order valence-electron chi connectivity index (χ3n) is 16.4. The molecule has 0 spiro atoms. The number of benzene rings is 1. The van der Waals surface area contributed by atoms with Crippen LogP contribution in [0.1, 0.15) is 116 Å². The SMILES string of the molecule is C#Cc1cnc([C@H](C)OC)c(-c2c(CC(C)(C)COO[C@H]3NN(C)C4CC3C4)c3cc(N4CCOCC4)cc4c3n2CCC4)c1.CC(C)C(C(=O)N[C@@H](C)C=O)N(C)C(=O)C1(F)CCN(C(=O)C#CC(C)(C)N(C)C)CC1. The number of pyridine rings is 1. The van der Waals surface area contributed by atoms with Crippen LogP contribution in [0, 0.1) is 41.4 Å². The molecule has 0 radical (unpaired) electrons. The molecule has 420 valence electrons. The van der Waals surface area contributed by atoms with Crippen molar-refractivity contribution >= 4 is 40.6 Å². The van der Waals surface area contributed by atoms with Crippen molar-refractivity contribution in [3.05, 3.63) is 46.8 Å². The van der Waals surface area contributed by atoms with E-state index in [9.17, 15) is 19.2 Å². The number of likely N-dealkylation sites (tertiary alicyclic amines) is 1. The number of nitrogens with zero attached hydrogens (tertiary/aromatic N) is 7. The third-order valence-corrected chi connectivity index (χ3v) is 16.4. The first-order chi connectivity index (χ1) is 36.4. The minimum absolute atomic E-state index is 0.0622. The second-order valence-electron chi connectivity index (χ2n) is 23.6. The summed E-state index contributed by atoms with van der Waals surface area (Å²) in [6, 6.07) is 5.93. The predicted molar refractivity (Wildman–Crippen MR) is 296 cm³/mol. The largest absolute Gasteiger partial charge is 0.378 e. The molecule has 17 nitrogen and oxygen atoms in total. The zero-order chi connectivity index (χ0) is 56.1. The van der Waals surface area contributed by atoms with Crippen LogP contribution in [0.2, 0.25) is 0 Å². The van der Waals surface area contributed by atoms with Gasteiger partial charge in [0.05, 0.1) is 54.4 Å². The van der Waals surface area contributed by atoms with Gasteiger partial charge in [0.1, 0.15) is 12.3 Å². The average Bonchev–Trinajstić information content (AvgIpc) is 3.77. The number of morpholine rings is 1. The van der Waals surface area contributed by atoms with Crippen molar-refractivity contribution in [1.82, 2.24) is 40.0 Å². The molecule has 2 aromatic heterocycles. The molecule has 2 N–H and O–H groups in total. The predicted octanol–water partition coefficient (Wildman–Crippen LogP) is 6.09. The molecule has 1 unspecified atom stereocenters. The van der Waals surface area contributed by atoms with Crippen molar-refractivity contribution in [2.45, 2.75) is 149 Å². The number of likely N-dealkylation sites (N-methyl/N-ethyl adjacent to an activating group) is 1. The molecule has 1 aromatic carbocycles. The van der Waals surface area contributed by atoms with E-state index in [2.05, 4.69) is 89.0 Å². The molecule has 2 bridgehead atoms. The van der Waals surface area contributed by atoms with Crippen LogP contribution in [-0.4, -0.2) is 170 Å². The topological polar surface area (TPSA) is 163 Å². The zero-order valence-electron chi connectivity index (χ0n) is 47.9. The van der Waals surface area contributed by atoms with E-state index in [4.69, 9.17) is 30.7 Å². The van der Waals surface area contributed by atoms with Crippen LogP contribution in [0.5, 0.6) is 0 Å². The first-order valence-electron chi connectivity index (χ1n) is 27.4. The highest BCUT2D eigenvalue weighted by atomic mass is 19.1. The second-order valence-corrected chi connectivity index (χ2v) is 23.6. The van der Waals surface area contributed by atoms with Crippen molar-refractivity contribution in [3.63, 3.8) is 0 Å². The molecule has 1 aliphatic carbocycles. The molecule has 5 fully saturated rings. The number of amides is 3. The minimum atomic E-state index is -2.18. The number of piperidine rings is 1. The molecular weight excluding hydrogens is 982 g/mol. The maximum Gasteiger partial charge on any atom is 0.298 e. The van der Waals surface area contributed by atoms with Crippen molar-refractivity contribution in [3.8, 4) is 35.4 Å². The zero-order valence-corrected chi connectivity index (χ0v) is 47.9. The number of terminal acetylenes is 1. The first-order valence-corrected chi connectivity index (χ1v) is 27.4. The molecule has 7 heterocycles. The maximum absolute atomic E-state index is 15.6. The van der Waals surface area contributed by atoms with Gasteiger partial charge >= 0.3 is 0 Å². The molecular formula is C59H84FN9O8. The summed E-state index contributed by atoms with van der Waals surface area (Å²) in [4.78, 5) is 72.7. The fraction of sp³-hybridized carbons (Fsp3) is 0.644. The number of nitrogens with one attached hydrogen (secondary N) is 2. The number of halogens is 1. The van der Waals surface area contributed by atoms with Crippen LogP contribution < -0.4 is 15.6 Å². The summed E-state index contributed by atoms with van der Waals surface area (Å²) in [5, 5.41) is 5.99. The van der Waals surface area contributed by atoms with Crippen LogP contribution in [0.3, 0.4) is 0 Å². The summed E-state index contributed by atoms with van der Waals surface area (Å²) < 4.78 is 29.7. The van der Waals surface area contributed by atoms with E-state index >= 15 is 4.39 Å². The molecule has 9 rings (SSSR count). The van der Waals surface area contributed by atoms with Gasteiger partial charge < -0.3 is 38.9 Å². The van der Waals surface area contributed by atoms with E-state index in [0.29, 0.717) is 24.9 Å². The highest BCUT2D eigenvalue weighted by Gasteiger charge is 2.47. The quantitative estimate of drug-likeness (QED) is 0.0692. The lowest BCUT2D eigenvalue weighted by atomic mass is 9.77. The van der Waals surface area contributed by atoms with Crippen molar-refractivity contribution < 1.29 is 42.8 Å². The molecule has 3 aromatic rings. The molecule has 1 saturated carbocycles. The molecule has 4 saturated heterocycles. The summed E-state index contributed by atoms with van der Waals surface area (Å²) in [6.45, 7) is 20.3. The van der Waals surface area contributed by atoms with Gasteiger partial charge in [-0.1, -0.05) is 39.5 Å². The number of rotatable bonds is 17. The standard InChI is InChI=1S/C36H47N5O4.C23H37FN4O4/c1-7-24-15-30(32(37-21-24)23(2)42-6)34-31(20-36(3,4)22-44-45-35-26-17-27(18-26)39(5)38-35)29-19-28(40-11-13-43-14-12-40)16-25-9-8-10-41(34)33(25)29;1-16(2)19(20(31)25-17(3)15-29)27(8)21(32)23(24)11-13-28(14-12-23)18(30)9-10-22(4,5)26(6)7/h1,15-16,19,21,23,26-27,35,38H,8-14,17-18,20,22H2,2-6H3;15-17,19H,11-14H2,1-8H3,(H,25,31)/t23-,26?,27?,35+;17-,19?/m00/s1. The fourth-order valence-corrected chi connectivity index (χ4v) is 11.0. The van der Waals surface area contributed by atoms with E-state index in [1.807, 2.05) is 32.8 Å². The molecule has 6 aliphatic rings. The van der Waals surface area contributed by atoms with Gasteiger partial charge in [-0.2, -0.15) is 0 Å². The third kappa shape index (κ3) is 13.4. The normalized spacial score (nSPS) is 21.4. The Bertz CT molecular complexity index is 2720. The van der Waals surface area contributed by atoms with Gasteiger partial charge in [-0.05, 0) is 120 Å². The summed E-state index contributed by atoms with van der Waals surface area (Å²) in [5.41, 5.74) is 9.78. The monoisotopic (exact) mass is 1070 g/mol. The number of hydrogen-bond acceptors (Lipinski definition) is 13. The Hall–Kier alpha value is -5.44. The summed E-state index contributed by atoms with van der Waals surface area (Å²) in [5.74, 6) is 6.89. The van der Waals surface area contributed by atoms with Gasteiger partial charge in [-0.15, -0.1) is 6.42 Å². The van der Waals surface area contributed by atoms with Gasteiger partial charge in [-0.3, -0.25) is 24.3 Å². The number of aryl methyl sites for hydroxylation is 2. The highest BCUT2D eigenvalue weighted by Crippen LogP contribution is 2.45. The Morgan fingerprint density at radius 1 is 1.04 bits per heavy atom. The number of hydrazine groups is 1. The Kier molecular flexibility index (Phi) is 19.0. The van der Waals surface area contributed by atoms with E-state index in [1.54, 1.807) is 27.2 Å². The van der Waals surface area contributed by atoms with Crippen LogP contribution in [0.25, 0.3) is 22.2 Å². The summed E-state index contributed by atoms with van der Waals surface area (Å²) >= 11 is 0. The average molecular weight is 1070 g/mol. The first kappa shape index (κ1) is 59.2. The number of carbonyl (C=O) groups excluding carboxylic acids is 4. The lowest BCUT2D eigenvalue weighted by molar-refractivity contribution is -0.374. The number of carbonyl (C=O) groups is 4. The van der Waals surface area contributed by atoms with E-state index in [0.717, 1.165) is 86.7 Å². The smallest absolute Gasteiger partial charge is 0.298 e. The van der Waals surface area contributed by atoms with Gasteiger partial charge in [0.2, 0.25) is 5.91 Å². The number of aromatic nitrogens is 2. The Balaban J connectivity index is 0.000000239. The van der Waals surface area contributed by atoms with E-state index in [-0.39, 0.29) is 49.6 Å². The Labute approximate surface area is 456 Å².